The number of benzene rings is 1. The number of hydrogen-bond acceptors (Lipinski definition) is 2. The normalized spacial score (nSPS) is 24.4. The molecule has 3 unspecified atom stereocenters. The average molecular weight is 261 g/mol. The van der Waals surface area contributed by atoms with Crippen molar-refractivity contribution in [2.75, 3.05) is 13.7 Å². The third-order valence-corrected chi connectivity index (χ3v) is 4.45. The minimum atomic E-state index is 0.503. The zero-order chi connectivity index (χ0) is 13.7. The summed E-state index contributed by atoms with van der Waals surface area (Å²) >= 11 is 0. The van der Waals surface area contributed by atoms with Crippen LogP contribution in [0.4, 0.5) is 0 Å². The highest BCUT2D eigenvalue weighted by atomic mass is 16.5. The van der Waals surface area contributed by atoms with Crippen LogP contribution < -0.4 is 10.1 Å². The quantitative estimate of drug-likeness (QED) is 0.829. The van der Waals surface area contributed by atoms with E-state index in [0.717, 1.165) is 24.1 Å². The van der Waals surface area contributed by atoms with Gasteiger partial charge in [0.2, 0.25) is 0 Å². The molecule has 3 atom stereocenters. The molecule has 0 aromatic heterocycles. The number of rotatable bonds is 6. The summed E-state index contributed by atoms with van der Waals surface area (Å²) in [5.41, 5.74) is 1.41. The molecule has 1 fully saturated rings. The van der Waals surface area contributed by atoms with Crippen molar-refractivity contribution >= 4 is 0 Å². The molecule has 1 aromatic carbocycles. The summed E-state index contributed by atoms with van der Waals surface area (Å²) in [5, 5.41) is 3.75. The first-order valence-electron chi connectivity index (χ1n) is 7.63. The summed E-state index contributed by atoms with van der Waals surface area (Å²) < 4.78 is 5.26. The maximum absolute atomic E-state index is 5.26. The Morgan fingerprint density at radius 3 is 2.53 bits per heavy atom. The molecule has 1 N–H and O–H groups in total. The van der Waals surface area contributed by atoms with E-state index in [9.17, 15) is 0 Å². The van der Waals surface area contributed by atoms with Crippen LogP contribution in [0.3, 0.4) is 0 Å². The molecule has 0 heterocycles. The molecule has 2 nitrogen and oxygen atoms in total. The Balaban J connectivity index is 2.15. The van der Waals surface area contributed by atoms with Crippen molar-refractivity contribution in [1.82, 2.24) is 5.32 Å². The Morgan fingerprint density at radius 1 is 1.26 bits per heavy atom. The third-order valence-electron chi connectivity index (χ3n) is 4.45. The highest BCUT2D eigenvalue weighted by Gasteiger charge is 2.31. The van der Waals surface area contributed by atoms with Crippen molar-refractivity contribution in [3.05, 3.63) is 29.8 Å². The van der Waals surface area contributed by atoms with Gasteiger partial charge in [-0.2, -0.15) is 0 Å². The summed E-state index contributed by atoms with van der Waals surface area (Å²) in [6, 6.07) is 9.10. The van der Waals surface area contributed by atoms with Gasteiger partial charge in [0.15, 0.2) is 0 Å². The molecule has 19 heavy (non-hydrogen) atoms. The largest absolute Gasteiger partial charge is 0.497 e. The van der Waals surface area contributed by atoms with E-state index in [1.54, 1.807) is 7.11 Å². The first kappa shape index (κ1) is 14.4. The third kappa shape index (κ3) is 3.50. The van der Waals surface area contributed by atoms with Crippen LogP contribution >= 0.6 is 0 Å². The van der Waals surface area contributed by atoms with Gasteiger partial charge in [-0.3, -0.25) is 0 Å². The molecule has 0 amide bonds. The molecule has 0 aliphatic heterocycles. The number of nitrogens with one attached hydrogen (secondary N) is 1. The van der Waals surface area contributed by atoms with Gasteiger partial charge in [0.05, 0.1) is 7.11 Å². The maximum Gasteiger partial charge on any atom is 0.118 e. The maximum atomic E-state index is 5.26. The van der Waals surface area contributed by atoms with Crippen molar-refractivity contribution in [2.24, 2.45) is 11.8 Å². The van der Waals surface area contributed by atoms with E-state index in [0.29, 0.717) is 6.04 Å². The Hall–Kier alpha value is -1.02. The highest BCUT2D eigenvalue weighted by molar-refractivity contribution is 5.29. The topological polar surface area (TPSA) is 21.3 Å². The van der Waals surface area contributed by atoms with Gasteiger partial charge in [-0.25, -0.2) is 0 Å². The molecule has 0 bridgehead atoms. The molecule has 1 aromatic rings. The summed E-state index contributed by atoms with van der Waals surface area (Å²) in [6.07, 6.45) is 5.31. The van der Waals surface area contributed by atoms with Gasteiger partial charge in [-0.15, -0.1) is 0 Å². The summed E-state index contributed by atoms with van der Waals surface area (Å²) in [7, 11) is 1.72. The summed E-state index contributed by atoms with van der Waals surface area (Å²) in [5.74, 6) is 2.55. The second kappa shape index (κ2) is 6.95. The standard InChI is InChI=1S/C17H27NO/c1-4-12-18-17(16-7-5-6-13(16)2)14-8-10-15(19-3)11-9-14/h8-11,13,16-18H,4-7,12H2,1-3H3. The van der Waals surface area contributed by atoms with Gasteiger partial charge >= 0.3 is 0 Å². The number of ether oxygens (including phenoxy) is 1. The van der Waals surface area contributed by atoms with Crippen molar-refractivity contribution in [1.29, 1.82) is 0 Å². The van der Waals surface area contributed by atoms with E-state index in [4.69, 9.17) is 4.74 Å². The Labute approximate surface area is 117 Å². The smallest absolute Gasteiger partial charge is 0.118 e. The summed E-state index contributed by atoms with van der Waals surface area (Å²) in [4.78, 5) is 0. The molecule has 1 aliphatic carbocycles. The average Bonchev–Trinajstić information content (AvgIpc) is 2.86. The predicted octanol–water partition coefficient (Wildman–Crippen LogP) is 4.17. The lowest BCUT2D eigenvalue weighted by atomic mass is 9.86. The predicted molar refractivity (Wildman–Crippen MR) is 80.5 cm³/mol. The lowest BCUT2D eigenvalue weighted by Gasteiger charge is -2.28. The van der Waals surface area contributed by atoms with Crippen LogP contribution in [0.5, 0.6) is 5.75 Å². The Kier molecular flexibility index (Phi) is 5.26. The minimum absolute atomic E-state index is 0.503. The highest BCUT2D eigenvalue weighted by Crippen LogP contribution is 2.40. The summed E-state index contributed by atoms with van der Waals surface area (Å²) in [6.45, 7) is 5.73. The number of methoxy groups -OCH3 is 1. The van der Waals surface area contributed by atoms with Crippen LogP contribution in [-0.2, 0) is 0 Å². The molecule has 1 saturated carbocycles. The SMILES string of the molecule is CCCNC(c1ccc(OC)cc1)C1CCCC1C. The van der Waals surface area contributed by atoms with Gasteiger partial charge in [-0.1, -0.05) is 38.8 Å². The van der Waals surface area contributed by atoms with Crippen LogP contribution in [0, 0.1) is 11.8 Å². The Morgan fingerprint density at radius 2 is 2.00 bits per heavy atom. The fourth-order valence-electron chi connectivity index (χ4n) is 3.30. The van der Waals surface area contributed by atoms with Crippen molar-refractivity contribution in [2.45, 2.75) is 45.6 Å². The molecular weight excluding hydrogens is 234 g/mol. The molecule has 1 aliphatic rings. The van der Waals surface area contributed by atoms with Gasteiger partial charge in [0.25, 0.3) is 0 Å². The van der Waals surface area contributed by atoms with Crippen LogP contribution in [0.1, 0.15) is 51.1 Å². The lowest BCUT2D eigenvalue weighted by molar-refractivity contribution is 0.302. The fraction of sp³-hybridized carbons (Fsp3) is 0.647. The molecule has 2 rings (SSSR count). The molecule has 106 valence electrons. The van der Waals surface area contributed by atoms with E-state index >= 15 is 0 Å². The van der Waals surface area contributed by atoms with E-state index in [-0.39, 0.29) is 0 Å². The van der Waals surface area contributed by atoms with Gasteiger partial charge < -0.3 is 10.1 Å². The van der Waals surface area contributed by atoms with E-state index in [1.807, 2.05) is 0 Å². The zero-order valence-corrected chi connectivity index (χ0v) is 12.5. The monoisotopic (exact) mass is 261 g/mol. The molecular formula is C17H27NO. The fourth-order valence-corrected chi connectivity index (χ4v) is 3.30. The van der Waals surface area contributed by atoms with Crippen molar-refractivity contribution < 1.29 is 4.74 Å². The van der Waals surface area contributed by atoms with Gasteiger partial charge in [0.1, 0.15) is 5.75 Å². The molecule has 0 spiro atoms. The van der Waals surface area contributed by atoms with Gasteiger partial charge in [-0.05, 0) is 48.9 Å². The minimum Gasteiger partial charge on any atom is -0.497 e. The first-order valence-corrected chi connectivity index (χ1v) is 7.63. The zero-order valence-electron chi connectivity index (χ0n) is 12.5. The lowest BCUT2D eigenvalue weighted by Crippen LogP contribution is -2.30. The van der Waals surface area contributed by atoms with Gasteiger partial charge in [0, 0.05) is 6.04 Å². The van der Waals surface area contributed by atoms with E-state index < -0.39 is 0 Å². The second-order valence-corrected chi connectivity index (χ2v) is 5.78. The molecule has 0 saturated heterocycles. The number of hydrogen-bond donors (Lipinski definition) is 1. The second-order valence-electron chi connectivity index (χ2n) is 5.78. The van der Waals surface area contributed by atoms with Crippen LogP contribution in [0.2, 0.25) is 0 Å². The van der Waals surface area contributed by atoms with Crippen LogP contribution in [0.15, 0.2) is 24.3 Å². The van der Waals surface area contributed by atoms with E-state index in [2.05, 4.69) is 43.4 Å². The van der Waals surface area contributed by atoms with Crippen LogP contribution in [0.25, 0.3) is 0 Å². The Bertz CT molecular complexity index is 373. The molecule has 2 heteroatoms. The van der Waals surface area contributed by atoms with Crippen molar-refractivity contribution in [3.8, 4) is 5.75 Å². The molecule has 0 radical (unpaired) electrons. The first-order chi connectivity index (χ1) is 9.26. The van der Waals surface area contributed by atoms with Crippen molar-refractivity contribution in [3.63, 3.8) is 0 Å². The van der Waals surface area contributed by atoms with Crippen LogP contribution in [-0.4, -0.2) is 13.7 Å². The van der Waals surface area contributed by atoms with E-state index in [1.165, 1.54) is 31.2 Å².